The Morgan fingerprint density at radius 2 is 2.06 bits per heavy atom. The van der Waals surface area contributed by atoms with Gasteiger partial charge in [0.15, 0.2) is 14.9 Å². The molecule has 0 aromatic carbocycles. The van der Waals surface area contributed by atoms with E-state index in [1.807, 2.05) is 0 Å². The fraction of sp³-hybridized carbons (Fsp3) is 0.400. The topological polar surface area (TPSA) is 90.1 Å². The van der Waals surface area contributed by atoms with Gasteiger partial charge in [-0.3, -0.25) is 4.79 Å². The second-order valence-electron chi connectivity index (χ2n) is 4.10. The molecule has 1 heterocycles. The van der Waals surface area contributed by atoms with Crippen LogP contribution < -0.4 is 5.73 Å². The zero-order chi connectivity index (χ0) is 12.0. The minimum atomic E-state index is -3.29. The fourth-order valence-corrected chi connectivity index (χ4v) is 2.24. The lowest BCUT2D eigenvalue weighted by Gasteiger charge is -2.10. The first-order valence-corrected chi connectivity index (χ1v) is 6.72. The number of hydrogen-bond acceptors (Lipinski definition) is 4. The summed E-state index contributed by atoms with van der Waals surface area (Å²) in [5, 5.41) is 0.0107. The van der Waals surface area contributed by atoms with Crippen LogP contribution >= 0.6 is 0 Å². The molecule has 0 atom stereocenters. The maximum absolute atomic E-state index is 11.2. The monoisotopic (exact) mass is 240 g/mol. The average Bonchev–Trinajstić information content (AvgIpc) is 2.97. The Balaban J connectivity index is 2.38. The van der Waals surface area contributed by atoms with E-state index in [1.165, 1.54) is 12.3 Å². The summed E-state index contributed by atoms with van der Waals surface area (Å²) in [6, 6.07) is 3.02. The summed E-state index contributed by atoms with van der Waals surface area (Å²) in [6.45, 7) is 0. The van der Waals surface area contributed by atoms with Gasteiger partial charge in [-0.25, -0.2) is 13.4 Å². The molecule has 1 aliphatic carbocycles. The van der Waals surface area contributed by atoms with Crippen molar-refractivity contribution in [2.75, 3.05) is 6.26 Å². The van der Waals surface area contributed by atoms with E-state index in [0.29, 0.717) is 18.4 Å². The van der Waals surface area contributed by atoms with Gasteiger partial charge in [0.05, 0.1) is 5.41 Å². The first kappa shape index (κ1) is 11.1. The zero-order valence-corrected chi connectivity index (χ0v) is 9.62. The second kappa shape index (κ2) is 3.28. The molecule has 0 saturated heterocycles. The van der Waals surface area contributed by atoms with Crippen LogP contribution in [0.25, 0.3) is 0 Å². The third kappa shape index (κ3) is 1.69. The summed E-state index contributed by atoms with van der Waals surface area (Å²) < 4.78 is 22.4. The molecule has 0 radical (unpaired) electrons. The molecule has 1 aromatic rings. The highest BCUT2D eigenvalue weighted by molar-refractivity contribution is 7.90. The average molecular weight is 240 g/mol. The van der Waals surface area contributed by atoms with Gasteiger partial charge in [0.25, 0.3) is 0 Å². The van der Waals surface area contributed by atoms with E-state index in [1.54, 1.807) is 6.07 Å². The van der Waals surface area contributed by atoms with Gasteiger partial charge in [-0.05, 0) is 24.5 Å². The zero-order valence-electron chi connectivity index (χ0n) is 8.80. The van der Waals surface area contributed by atoms with Gasteiger partial charge in [0.1, 0.15) is 0 Å². The normalized spacial score (nSPS) is 18.1. The number of nitrogens with two attached hydrogens (primary N) is 1. The van der Waals surface area contributed by atoms with Crippen LogP contribution in [0.2, 0.25) is 0 Å². The van der Waals surface area contributed by atoms with E-state index in [4.69, 9.17) is 5.73 Å². The summed E-state index contributed by atoms with van der Waals surface area (Å²) in [5.74, 6) is -0.374. The summed E-state index contributed by atoms with van der Waals surface area (Å²) >= 11 is 0. The molecule has 0 aliphatic heterocycles. The molecule has 1 aliphatic rings. The second-order valence-corrected chi connectivity index (χ2v) is 6.07. The van der Waals surface area contributed by atoms with Gasteiger partial charge < -0.3 is 5.73 Å². The van der Waals surface area contributed by atoms with Crippen LogP contribution in [0, 0.1) is 0 Å². The van der Waals surface area contributed by atoms with Crippen LogP contribution in [0.3, 0.4) is 0 Å². The minimum Gasteiger partial charge on any atom is -0.369 e. The maximum Gasteiger partial charge on any atom is 0.228 e. The van der Waals surface area contributed by atoms with E-state index in [-0.39, 0.29) is 10.9 Å². The first-order chi connectivity index (χ1) is 7.36. The molecule has 6 heteroatoms. The van der Waals surface area contributed by atoms with Crippen molar-refractivity contribution in [3.63, 3.8) is 0 Å². The highest BCUT2D eigenvalue weighted by Crippen LogP contribution is 2.47. The summed E-state index contributed by atoms with van der Waals surface area (Å²) in [4.78, 5) is 15.1. The van der Waals surface area contributed by atoms with Gasteiger partial charge in [0, 0.05) is 12.5 Å². The Kier molecular flexibility index (Phi) is 2.27. The number of nitrogens with zero attached hydrogens (tertiary/aromatic N) is 1. The third-order valence-corrected chi connectivity index (χ3v) is 3.89. The molecule has 0 unspecified atom stereocenters. The maximum atomic E-state index is 11.2. The van der Waals surface area contributed by atoms with Crippen molar-refractivity contribution >= 4 is 15.7 Å². The van der Waals surface area contributed by atoms with Crippen molar-refractivity contribution in [1.82, 2.24) is 4.98 Å². The quantitative estimate of drug-likeness (QED) is 0.805. The smallest absolute Gasteiger partial charge is 0.228 e. The van der Waals surface area contributed by atoms with E-state index < -0.39 is 15.3 Å². The van der Waals surface area contributed by atoms with E-state index in [9.17, 15) is 13.2 Å². The van der Waals surface area contributed by atoms with Crippen molar-refractivity contribution in [2.45, 2.75) is 23.3 Å². The number of carbonyl (C=O) groups excluding carboxylic acids is 1. The van der Waals surface area contributed by atoms with Crippen LogP contribution in [0.15, 0.2) is 23.4 Å². The van der Waals surface area contributed by atoms with Gasteiger partial charge in [-0.1, -0.05) is 6.07 Å². The molecule has 1 fully saturated rings. The van der Waals surface area contributed by atoms with Gasteiger partial charge in [0.2, 0.25) is 5.91 Å². The van der Waals surface area contributed by atoms with Crippen molar-refractivity contribution in [3.05, 3.63) is 23.9 Å². The van der Waals surface area contributed by atoms with Crippen molar-refractivity contribution < 1.29 is 13.2 Å². The van der Waals surface area contributed by atoms with Crippen molar-refractivity contribution in [1.29, 1.82) is 0 Å². The predicted octanol–water partition coefficient (Wildman–Crippen LogP) is 0.00200. The lowest BCUT2D eigenvalue weighted by Crippen LogP contribution is -2.28. The number of rotatable bonds is 3. The molecule has 0 bridgehead atoms. The van der Waals surface area contributed by atoms with E-state index >= 15 is 0 Å². The van der Waals surface area contributed by atoms with Crippen LogP contribution in [-0.4, -0.2) is 25.6 Å². The molecule has 1 amide bonds. The molecule has 1 saturated carbocycles. The highest BCUT2D eigenvalue weighted by atomic mass is 32.2. The standard InChI is InChI=1S/C10H12N2O3S/c1-16(14,15)8-3-2-7(6-12-8)10(4-5-10)9(11)13/h2-3,6H,4-5H2,1H3,(H2,11,13). The highest BCUT2D eigenvalue weighted by Gasteiger charge is 2.50. The number of pyridine rings is 1. The molecular formula is C10H12N2O3S. The van der Waals surface area contributed by atoms with Gasteiger partial charge in [-0.15, -0.1) is 0 Å². The molecule has 16 heavy (non-hydrogen) atoms. The molecule has 2 rings (SSSR count). The SMILES string of the molecule is CS(=O)(=O)c1ccc(C2(C(N)=O)CC2)cn1. The molecule has 5 nitrogen and oxygen atoms in total. The number of amides is 1. The minimum absolute atomic E-state index is 0.0107. The predicted molar refractivity (Wildman–Crippen MR) is 57.5 cm³/mol. The summed E-state index contributed by atoms with van der Waals surface area (Å²) in [7, 11) is -3.29. The Morgan fingerprint density at radius 1 is 1.44 bits per heavy atom. The number of hydrogen-bond donors (Lipinski definition) is 1. The van der Waals surface area contributed by atoms with E-state index in [0.717, 1.165) is 6.26 Å². The van der Waals surface area contributed by atoms with Crippen molar-refractivity contribution in [3.8, 4) is 0 Å². The van der Waals surface area contributed by atoms with Crippen LogP contribution in [0.5, 0.6) is 0 Å². The van der Waals surface area contributed by atoms with Crippen molar-refractivity contribution in [2.24, 2.45) is 5.73 Å². The Bertz CT molecular complexity index is 530. The largest absolute Gasteiger partial charge is 0.369 e. The first-order valence-electron chi connectivity index (χ1n) is 4.83. The third-order valence-electron chi connectivity index (χ3n) is 2.89. The molecule has 86 valence electrons. The summed E-state index contributed by atoms with van der Waals surface area (Å²) in [6.07, 6.45) is 3.94. The van der Waals surface area contributed by atoms with Crippen LogP contribution in [0.4, 0.5) is 0 Å². The molecule has 1 aromatic heterocycles. The van der Waals surface area contributed by atoms with Gasteiger partial charge >= 0.3 is 0 Å². The lowest BCUT2D eigenvalue weighted by molar-refractivity contribution is -0.120. The lowest BCUT2D eigenvalue weighted by atomic mass is 9.97. The summed E-state index contributed by atoms with van der Waals surface area (Å²) in [5.41, 5.74) is 5.40. The van der Waals surface area contributed by atoms with Crippen LogP contribution in [-0.2, 0) is 20.0 Å². The fourth-order valence-electron chi connectivity index (χ4n) is 1.69. The Hall–Kier alpha value is -1.43. The molecule has 0 spiro atoms. The number of aromatic nitrogens is 1. The number of carbonyl (C=O) groups is 1. The molecular weight excluding hydrogens is 228 g/mol. The van der Waals surface area contributed by atoms with Crippen LogP contribution in [0.1, 0.15) is 18.4 Å². The number of primary amides is 1. The molecule has 2 N–H and O–H groups in total. The Labute approximate surface area is 93.6 Å². The van der Waals surface area contributed by atoms with E-state index in [2.05, 4.69) is 4.98 Å². The van der Waals surface area contributed by atoms with Gasteiger partial charge in [-0.2, -0.15) is 0 Å². The Morgan fingerprint density at radius 3 is 2.38 bits per heavy atom. The number of sulfone groups is 1.